The number of carbonyl (C=O) groups is 2. The summed E-state index contributed by atoms with van der Waals surface area (Å²) in [7, 11) is 0. The highest BCUT2D eigenvalue weighted by molar-refractivity contribution is 5.96. The van der Waals surface area contributed by atoms with Crippen molar-refractivity contribution in [1.29, 1.82) is 0 Å². The predicted octanol–water partition coefficient (Wildman–Crippen LogP) is 3.66. The molecular formula is C22H34Cl2N4O2. The first-order chi connectivity index (χ1) is 13.6. The third kappa shape index (κ3) is 5.88. The summed E-state index contributed by atoms with van der Waals surface area (Å²) in [6.45, 7) is 2.41. The molecule has 6 nitrogen and oxygen atoms in total. The number of likely N-dealkylation sites (tertiary alicyclic amines) is 1. The number of carbonyl (C=O) groups excluding carboxylic acids is 2. The first kappa shape index (κ1) is 24.9. The molecule has 1 heterocycles. The fourth-order valence-electron chi connectivity index (χ4n) is 5.32. The van der Waals surface area contributed by atoms with Crippen LogP contribution >= 0.6 is 24.8 Å². The molecule has 0 spiro atoms. The second kappa shape index (κ2) is 11.3. The van der Waals surface area contributed by atoms with Crippen molar-refractivity contribution >= 4 is 48.0 Å². The minimum Gasteiger partial charge on any atom is -0.327 e. The number of nitrogens with zero attached hydrogens (tertiary/aromatic N) is 1. The lowest BCUT2D eigenvalue weighted by molar-refractivity contribution is -0.121. The van der Waals surface area contributed by atoms with Gasteiger partial charge in [0.1, 0.15) is 0 Å². The molecule has 1 saturated heterocycles. The van der Waals surface area contributed by atoms with Crippen LogP contribution < -0.4 is 16.4 Å². The van der Waals surface area contributed by atoms with Crippen molar-refractivity contribution in [3.05, 3.63) is 24.3 Å². The highest BCUT2D eigenvalue weighted by Gasteiger charge is 2.49. The second-order valence-corrected chi connectivity index (χ2v) is 8.74. The van der Waals surface area contributed by atoms with Crippen molar-refractivity contribution < 1.29 is 9.59 Å². The topological polar surface area (TPSA) is 87.5 Å². The van der Waals surface area contributed by atoms with Crippen LogP contribution in [-0.2, 0) is 9.59 Å². The van der Waals surface area contributed by atoms with Gasteiger partial charge in [0.25, 0.3) is 0 Å². The Labute approximate surface area is 191 Å². The summed E-state index contributed by atoms with van der Waals surface area (Å²) in [5.74, 6) is 0.871. The molecule has 2 amide bonds. The van der Waals surface area contributed by atoms with E-state index in [9.17, 15) is 9.59 Å². The molecule has 2 bridgehead atoms. The number of benzene rings is 1. The van der Waals surface area contributed by atoms with Gasteiger partial charge in [-0.15, -0.1) is 24.8 Å². The second-order valence-electron chi connectivity index (χ2n) is 8.74. The fraction of sp³-hybridized carbons (Fsp3) is 0.636. The van der Waals surface area contributed by atoms with Crippen molar-refractivity contribution in [1.82, 2.24) is 4.90 Å². The van der Waals surface area contributed by atoms with Crippen LogP contribution in [0.5, 0.6) is 0 Å². The van der Waals surface area contributed by atoms with Gasteiger partial charge in [-0.1, -0.05) is 18.9 Å². The van der Waals surface area contributed by atoms with E-state index in [-0.39, 0.29) is 48.6 Å². The highest BCUT2D eigenvalue weighted by atomic mass is 35.5. The SMILES string of the molecule is Cl.Cl.NC1C2CCC(C2)C1C(=O)Nc1cccc(NC(=O)CN2CCCCCC2)c1. The highest BCUT2D eigenvalue weighted by Crippen LogP contribution is 2.47. The van der Waals surface area contributed by atoms with E-state index in [1.807, 2.05) is 24.3 Å². The Morgan fingerprint density at radius 1 is 0.967 bits per heavy atom. The van der Waals surface area contributed by atoms with E-state index in [0.29, 0.717) is 24.1 Å². The maximum atomic E-state index is 12.8. The van der Waals surface area contributed by atoms with Crippen LogP contribution in [0.2, 0.25) is 0 Å². The first-order valence-electron chi connectivity index (χ1n) is 10.8. The van der Waals surface area contributed by atoms with Gasteiger partial charge in [0.2, 0.25) is 11.8 Å². The number of fused-ring (bicyclic) bond motifs is 2. The number of amides is 2. The summed E-state index contributed by atoms with van der Waals surface area (Å²) >= 11 is 0. The molecule has 8 heteroatoms. The third-order valence-electron chi connectivity index (χ3n) is 6.76. The van der Waals surface area contributed by atoms with E-state index < -0.39 is 0 Å². The summed E-state index contributed by atoms with van der Waals surface area (Å²) in [6, 6.07) is 7.39. The molecule has 1 aromatic carbocycles. The summed E-state index contributed by atoms with van der Waals surface area (Å²) in [5, 5.41) is 5.99. The van der Waals surface area contributed by atoms with Crippen molar-refractivity contribution in [2.45, 2.75) is 51.0 Å². The Morgan fingerprint density at radius 2 is 1.60 bits per heavy atom. The Balaban J connectivity index is 0.00000160. The van der Waals surface area contributed by atoms with Crippen LogP contribution in [0.25, 0.3) is 0 Å². The quantitative estimate of drug-likeness (QED) is 0.630. The molecule has 30 heavy (non-hydrogen) atoms. The van der Waals surface area contributed by atoms with Crippen LogP contribution in [-0.4, -0.2) is 42.4 Å². The zero-order valence-corrected chi connectivity index (χ0v) is 19.0. The monoisotopic (exact) mass is 456 g/mol. The molecule has 4 N–H and O–H groups in total. The number of anilines is 2. The number of hydrogen-bond acceptors (Lipinski definition) is 4. The lowest BCUT2D eigenvalue weighted by Gasteiger charge is -2.27. The van der Waals surface area contributed by atoms with Crippen molar-refractivity contribution in [3.63, 3.8) is 0 Å². The van der Waals surface area contributed by atoms with Crippen LogP contribution in [0.4, 0.5) is 11.4 Å². The molecule has 2 saturated carbocycles. The van der Waals surface area contributed by atoms with Gasteiger partial charge in [0.05, 0.1) is 12.5 Å². The Kier molecular flexibility index (Phi) is 9.41. The average Bonchev–Trinajstić information content (AvgIpc) is 3.15. The van der Waals surface area contributed by atoms with Gasteiger partial charge < -0.3 is 16.4 Å². The van der Waals surface area contributed by atoms with E-state index in [1.54, 1.807) is 0 Å². The molecule has 168 valence electrons. The molecule has 3 fully saturated rings. The van der Waals surface area contributed by atoms with E-state index in [1.165, 1.54) is 25.7 Å². The Morgan fingerprint density at radius 3 is 2.23 bits per heavy atom. The molecule has 0 radical (unpaired) electrons. The molecule has 1 aromatic rings. The number of nitrogens with one attached hydrogen (secondary N) is 2. The Bertz CT molecular complexity index is 723. The standard InChI is InChI=1S/C22H32N4O2.2ClH/c23-21-16-9-8-15(12-16)20(21)22(28)25-18-7-5-6-17(13-18)24-19(27)14-26-10-3-1-2-4-11-26;;/h5-7,13,15-16,20-21H,1-4,8-12,14,23H2,(H,24,27)(H,25,28);2*1H. The summed E-state index contributed by atoms with van der Waals surface area (Å²) in [4.78, 5) is 27.4. The molecule has 0 aromatic heterocycles. The fourth-order valence-corrected chi connectivity index (χ4v) is 5.32. The molecule has 3 aliphatic rings. The summed E-state index contributed by atoms with van der Waals surface area (Å²) < 4.78 is 0. The number of nitrogens with two attached hydrogens (primary N) is 1. The van der Waals surface area contributed by atoms with Crippen LogP contribution in [0.3, 0.4) is 0 Å². The average molecular weight is 457 g/mol. The molecular weight excluding hydrogens is 423 g/mol. The van der Waals surface area contributed by atoms with Gasteiger partial charge in [-0.25, -0.2) is 0 Å². The lowest BCUT2D eigenvalue weighted by Crippen LogP contribution is -2.42. The molecule has 4 atom stereocenters. The molecule has 4 rings (SSSR count). The van der Waals surface area contributed by atoms with E-state index in [2.05, 4.69) is 15.5 Å². The van der Waals surface area contributed by atoms with Crippen LogP contribution in [0.1, 0.15) is 44.9 Å². The summed E-state index contributed by atoms with van der Waals surface area (Å²) in [5.41, 5.74) is 7.72. The number of halogens is 2. The zero-order chi connectivity index (χ0) is 19.5. The smallest absolute Gasteiger partial charge is 0.238 e. The van der Waals surface area contributed by atoms with E-state index >= 15 is 0 Å². The van der Waals surface area contributed by atoms with Gasteiger partial charge in [0, 0.05) is 17.4 Å². The zero-order valence-electron chi connectivity index (χ0n) is 17.3. The summed E-state index contributed by atoms with van der Waals surface area (Å²) in [6.07, 6.45) is 8.21. The molecule has 4 unspecified atom stereocenters. The largest absolute Gasteiger partial charge is 0.327 e. The van der Waals surface area contributed by atoms with Crippen molar-refractivity contribution in [3.8, 4) is 0 Å². The first-order valence-corrected chi connectivity index (χ1v) is 10.8. The van der Waals surface area contributed by atoms with Crippen LogP contribution in [0.15, 0.2) is 24.3 Å². The van der Waals surface area contributed by atoms with Crippen molar-refractivity contribution in [2.24, 2.45) is 23.5 Å². The predicted molar refractivity (Wildman–Crippen MR) is 125 cm³/mol. The van der Waals surface area contributed by atoms with E-state index in [4.69, 9.17) is 5.73 Å². The Hall–Kier alpha value is -1.34. The van der Waals surface area contributed by atoms with Gasteiger partial charge >= 0.3 is 0 Å². The third-order valence-corrected chi connectivity index (χ3v) is 6.76. The number of rotatable bonds is 5. The lowest BCUT2D eigenvalue weighted by atomic mass is 9.84. The van der Waals surface area contributed by atoms with E-state index in [0.717, 1.165) is 38.0 Å². The van der Waals surface area contributed by atoms with Crippen molar-refractivity contribution in [2.75, 3.05) is 30.3 Å². The minimum absolute atomic E-state index is 0. The van der Waals surface area contributed by atoms with Crippen LogP contribution in [0, 0.1) is 17.8 Å². The van der Waals surface area contributed by atoms with Gasteiger partial charge in [-0.2, -0.15) is 0 Å². The molecule has 1 aliphatic heterocycles. The number of hydrogen-bond donors (Lipinski definition) is 3. The minimum atomic E-state index is -0.0833. The molecule has 2 aliphatic carbocycles. The van der Waals surface area contributed by atoms with Gasteiger partial charge in [-0.05, 0) is 75.2 Å². The van der Waals surface area contributed by atoms with Gasteiger partial charge in [-0.3, -0.25) is 14.5 Å². The normalized spacial score (nSPS) is 28.0. The maximum Gasteiger partial charge on any atom is 0.238 e. The maximum absolute atomic E-state index is 12.8. The van der Waals surface area contributed by atoms with Gasteiger partial charge in [0.15, 0.2) is 0 Å².